The smallest absolute Gasteiger partial charge is 0.256 e. The average Bonchev–Trinajstić information content (AvgIpc) is 2.74. The average molecular weight is 384 g/mol. The van der Waals surface area contributed by atoms with Gasteiger partial charge < -0.3 is 10.2 Å². The fraction of sp³-hybridized carbons (Fsp3) is 0.120. The lowest BCUT2D eigenvalue weighted by Gasteiger charge is -2.19. The predicted octanol–water partition coefficient (Wildman–Crippen LogP) is 4.92. The zero-order chi connectivity index (χ0) is 20.6. The molecule has 0 heterocycles. The van der Waals surface area contributed by atoms with Crippen LogP contribution in [0.3, 0.4) is 0 Å². The number of aryl methyl sites for hydroxylation is 1. The van der Waals surface area contributed by atoms with Gasteiger partial charge in [-0.1, -0.05) is 72.3 Å². The van der Waals surface area contributed by atoms with E-state index in [-0.39, 0.29) is 11.8 Å². The second-order valence-corrected chi connectivity index (χ2v) is 6.93. The van der Waals surface area contributed by atoms with E-state index in [1.807, 2.05) is 61.5 Å². The van der Waals surface area contributed by atoms with Gasteiger partial charge in [-0.15, -0.1) is 0 Å². The molecule has 3 aromatic carbocycles. The van der Waals surface area contributed by atoms with Crippen molar-refractivity contribution in [2.45, 2.75) is 13.5 Å². The summed E-state index contributed by atoms with van der Waals surface area (Å²) >= 11 is 0. The maximum Gasteiger partial charge on any atom is 0.256 e. The highest BCUT2D eigenvalue weighted by molar-refractivity contribution is 6.07. The summed E-state index contributed by atoms with van der Waals surface area (Å²) < 4.78 is 0. The maximum atomic E-state index is 12.9. The molecule has 4 nitrogen and oxygen atoms in total. The van der Waals surface area contributed by atoms with E-state index in [9.17, 15) is 9.59 Å². The molecule has 29 heavy (non-hydrogen) atoms. The molecule has 0 saturated heterocycles. The Morgan fingerprint density at radius 2 is 1.55 bits per heavy atom. The summed E-state index contributed by atoms with van der Waals surface area (Å²) in [5, 5.41) is 2.82. The largest absolute Gasteiger partial charge is 0.337 e. The summed E-state index contributed by atoms with van der Waals surface area (Å²) in [5.41, 5.74) is 4.11. The van der Waals surface area contributed by atoms with Crippen LogP contribution in [0.5, 0.6) is 0 Å². The highest BCUT2D eigenvalue weighted by Crippen LogP contribution is 2.18. The Kier molecular flexibility index (Phi) is 6.59. The first-order chi connectivity index (χ1) is 14.0. The minimum atomic E-state index is -0.281. The van der Waals surface area contributed by atoms with E-state index in [0.29, 0.717) is 17.8 Å². The number of nitrogens with one attached hydrogen (secondary N) is 1. The minimum Gasteiger partial charge on any atom is -0.337 e. The number of rotatable bonds is 6. The summed E-state index contributed by atoms with van der Waals surface area (Å²) in [6.07, 6.45) is 3.22. The number of hydrogen-bond acceptors (Lipinski definition) is 2. The summed E-state index contributed by atoms with van der Waals surface area (Å²) in [4.78, 5) is 26.9. The summed E-state index contributed by atoms with van der Waals surface area (Å²) in [6.45, 7) is 2.51. The van der Waals surface area contributed by atoms with Crippen LogP contribution >= 0.6 is 0 Å². The van der Waals surface area contributed by atoms with E-state index in [1.54, 1.807) is 42.3 Å². The van der Waals surface area contributed by atoms with E-state index in [2.05, 4.69) is 5.32 Å². The van der Waals surface area contributed by atoms with Gasteiger partial charge in [-0.05, 0) is 36.3 Å². The lowest BCUT2D eigenvalue weighted by molar-refractivity contribution is -0.111. The topological polar surface area (TPSA) is 49.4 Å². The second-order valence-electron chi connectivity index (χ2n) is 6.93. The highest BCUT2D eigenvalue weighted by atomic mass is 16.2. The van der Waals surface area contributed by atoms with Crippen LogP contribution in [0.4, 0.5) is 5.69 Å². The Hall–Kier alpha value is -3.66. The Balaban J connectivity index is 1.70. The van der Waals surface area contributed by atoms with Gasteiger partial charge in [0, 0.05) is 19.7 Å². The van der Waals surface area contributed by atoms with Gasteiger partial charge in [0.25, 0.3) is 5.91 Å². The van der Waals surface area contributed by atoms with Crippen molar-refractivity contribution in [2.24, 2.45) is 0 Å². The van der Waals surface area contributed by atoms with Gasteiger partial charge in [-0.25, -0.2) is 0 Å². The van der Waals surface area contributed by atoms with Crippen molar-refractivity contribution < 1.29 is 9.59 Å². The molecule has 2 amide bonds. The molecule has 0 aliphatic carbocycles. The Bertz CT molecular complexity index is 1010. The molecule has 0 unspecified atom stereocenters. The summed E-state index contributed by atoms with van der Waals surface area (Å²) in [6, 6.07) is 24.7. The quantitative estimate of drug-likeness (QED) is 0.613. The fourth-order valence-electron chi connectivity index (χ4n) is 2.94. The van der Waals surface area contributed by atoms with Crippen LogP contribution in [0.25, 0.3) is 6.08 Å². The van der Waals surface area contributed by atoms with Crippen LogP contribution in [-0.2, 0) is 11.3 Å². The van der Waals surface area contributed by atoms with Crippen molar-refractivity contribution >= 4 is 23.6 Å². The van der Waals surface area contributed by atoms with Gasteiger partial charge in [0.1, 0.15) is 0 Å². The van der Waals surface area contributed by atoms with E-state index in [1.165, 1.54) is 11.6 Å². The molecule has 0 spiro atoms. The van der Waals surface area contributed by atoms with Gasteiger partial charge in [0.2, 0.25) is 5.91 Å². The Morgan fingerprint density at radius 1 is 0.897 bits per heavy atom. The van der Waals surface area contributed by atoms with Crippen molar-refractivity contribution in [3.05, 3.63) is 107 Å². The van der Waals surface area contributed by atoms with Crippen molar-refractivity contribution in [3.63, 3.8) is 0 Å². The number of hydrogen-bond donors (Lipinski definition) is 1. The first-order valence-corrected chi connectivity index (χ1v) is 9.47. The second kappa shape index (κ2) is 9.51. The van der Waals surface area contributed by atoms with Crippen molar-refractivity contribution in [1.29, 1.82) is 0 Å². The first kappa shape index (κ1) is 20.1. The highest BCUT2D eigenvalue weighted by Gasteiger charge is 2.16. The molecule has 0 aliphatic rings. The molecule has 0 atom stereocenters. The van der Waals surface area contributed by atoms with Crippen LogP contribution in [0.1, 0.15) is 27.0 Å². The minimum absolute atomic E-state index is 0.146. The Morgan fingerprint density at radius 3 is 2.28 bits per heavy atom. The van der Waals surface area contributed by atoms with Gasteiger partial charge in [-0.2, -0.15) is 0 Å². The van der Waals surface area contributed by atoms with Crippen LogP contribution in [-0.4, -0.2) is 23.8 Å². The number of carbonyl (C=O) groups excluding carboxylic acids is 2. The third kappa shape index (κ3) is 5.66. The zero-order valence-electron chi connectivity index (χ0n) is 16.6. The molecule has 4 heteroatoms. The zero-order valence-corrected chi connectivity index (χ0v) is 16.6. The molecule has 0 radical (unpaired) electrons. The number of amides is 2. The number of carbonyl (C=O) groups is 2. The Labute approximate surface area is 171 Å². The van der Waals surface area contributed by atoms with Crippen LogP contribution in [0.15, 0.2) is 84.9 Å². The summed E-state index contributed by atoms with van der Waals surface area (Å²) in [5.74, 6) is -0.427. The van der Waals surface area contributed by atoms with E-state index < -0.39 is 0 Å². The van der Waals surface area contributed by atoms with Gasteiger partial charge in [-0.3, -0.25) is 9.59 Å². The van der Waals surface area contributed by atoms with E-state index in [4.69, 9.17) is 0 Å². The molecule has 1 N–H and O–H groups in total. The molecule has 0 aromatic heterocycles. The first-order valence-electron chi connectivity index (χ1n) is 9.47. The van der Waals surface area contributed by atoms with Crippen LogP contribution in [0.2, 0.25) is 0 Å². The number of benzene rings is 3. The molecular weight excluding hydrogens is 360 g/mol. The lowest BCUT2D eigenvalue weighted by Crippen LogP contribution is -2.27. The predicted molar refractivity (Wildman–Crippen MR) is 118 cm³/mol. The standard InChI is InChI=1S/C25H24N2O2/c1-19-12-14-20(15-13-19)16-17-24(28)26-23-11-7-6-10-22(23)25(29)27(2)18-21-8-4-3-5-9-21/h3-17H,18H2,1-2H3,(H,26,28)/b17-16+. The normalized spacial score (nSPS) is 10.7. The molecule has 0 bridgehead atoms. The fourth-order valence-corrected chi connectivity index (χ4v) is 2.94. The molecule has 3 aromatic rings. The van der Waals surface area contributed by atoms with Crippen molar-refractivity contribution in [3.8, 4) is 0 Å². The van der Waals surface area contributed by atoms with Crippen LogP contribution in [0, 0.1) is 6.92 Å². The number of anilines is 1. The lowest BCUT2D eigenvalue weighted by atomic mass is 10.1. The van der Waals surface area contributed by atoms with E-state index in [0.717, 1.165) is 11.1 Å². The van der Waals surface area contributed by atoms with Gasteiger partial charge in [0.15, 0.2) is 0 Å². The molecule has 3 rings (SSSR count). The monoisotopic (exact) mass is 384 g/mol. The molecule has 0 aliphatic heterocycles. The van der Waals surface area contributed by atoms with Crippen molar-refractivity contribution in [1.82, 2.24) is 4.90 Å². The maximum absolute atomic E-state index is 12.9. The number of para-hydroxylation sites is 1. The molecule has 0 fully saturated rings. The van der Waals surface area contributed by atoms with Crippen molar-refractivity contribution in [2.75, 3.05) is 12.4 Å². The molecule has 0 saturated carbocycles. The number of nitrogens with zero attached hydrogens (tertiary/aromatic N) is 1. The SMILES string of the molecule is Cc1ccc(/C=C/C(=O)Nc2ccccc2C(=O)N(C)Cc2ccccc2)cc1. The molecule has 146 valence electrons. The summed E-state index contributed by atoms with van der Waals surface area (Å²) in [7, 11) is 1.76. The van der Waals surface area contributed by atoms with Gasteiger partial charge >= 0.3 is 0 Å². The third-order valence-corrected chi connectivity index (χ3v) is 4.53. The third-order valence-electron chi connectivity index (χ3n) is 4.53. The molecular formula is C25H24N2O2. The van der Waals surface area contributed by atoms with Gasteiger partial charge in [0.05, 0.1) is 11.3 Å². The van der Waals surface area contributed by atoms with Crippen LogP contribution < -0.4 is 5.32 Å². The van der Waals surface area contributed by atoms with E-state index >= 15 is 0 Å².